The maximum Gasteiger partial charge on any atom is 0.257 e. The van der Waals surface area contributed by atoms with Gasteiger partial charge >= 0.3 is 0 Å². The summed E-state index contributed by atoms with van der Waals surface area (Å²) in [4.78, 5) is 15.8. The predicted molar refractivity (Wildman–Crippen MR) is 78.9 cm³/mol. The second-order valence-electron chi connectivity index (χ2n) is 4.70. The fraction of sp³-hybridized carbons (Fsp3) is 0. The molecule has 1 aromatic heterocycles. The summed E-state index contributed by atoms with van der Waals surface area (Å²) in [6, 6.07) is 8.38. The van der Waals surface area contributed by atoms with E-state index in [1.165, 1.54) is 6.07 Å². The van der Waals surface area contributed by atoms with Crippen molar-refractivity contribution in [2.75, 3.05) is 5.32 Å². The lowest BCUT2D eigenvalue weighted by Crippen LogP contribution is -2.05. The molecule has 0 atom stereocenters. The highest BCUT2D eigenvalue weighted by Gasteiger charge is 2.28. The number of halogens is 1. The zero-order valence-corrected chi connectivity index (χ0v) is 11.1. The van der Waals surface area contributed by atoms with Crippen molar-refractivity contribution in [3.63, 3.8) is 0 Å². The summed E-state index contributed by atoms with van der Waals surface area (Å²) in [5.41, 5.74) is 2.67. The van der Waals surface area contributed by atoms with Gasteiger partial charge in [0.05, 0.1) is 5.56 Å². The minimum absolute atomic E-state index is 0.214. The van der Waals surface area contributed by atoms with Gasteiger partial charge in [0.1, 0.15) is 5.82 Å². The number of H-pyrrole nitrogens is 1. The number of hydrogen-bond donors (Lipinski definition) is 3. The average molecular weight is 284 g/mol. The third kappa shape index (κ3) is 1.38. The number of rotatable bonds is 1. The molecule has 1 aliphatic rings. The molecule has 0 fully saturated rings. The third-order valence-electron chi connectivity index (χ3n) is 3.57. The van der Waals surface area contributed by atoms with E-state index in [0.717, 1.165) is 11.3 Å². The van der Waals surface area contributed by atoms with Gasteiger partial charge in [-0.05, 0) is 30.3 Å². The average Bonchev–Trinajstić information content (AvgIpc) is 3.04. The van der Waals surface area contributed by atoms with E-state index in [1.54, 1.807) is 18.3 Å². The van der Waals surface area contributed by atoms with Gasteiger partial charge in [-0.15, -0.1) is 12.6 Å². The molecule has 4 rings (SSSR count). The highest BCUT2D eigenvalue weighted by molar-refractivity contribution is 7.80. The van der Waals surface area contributed by atoms with E-state index in [0.29, 0.717) is 26.9 Å². The van der Waals surface area contributed by atoms with E-state index in [9.17, 15) is 9.18 Å². The van der Waals surface area contributed by atoms with Gasteiger partial charge < -0.3 is 10.3 Å². The number of carbonyl (C=O) groups excluding carboxylic acids is 1. The van der Waals surface area contributed by atoms with Gasteiger partial charge in [-0.25, -0.2) is 4.39 Å². The molecule has 1 amide bonds. The van der Waals surface area contributed by atoms with Gasteiger partial charge in [0.2, 0.25) is 0 Å². The molecule has 5 heteroatoms. The Bertz CT molecular complexity index is 871. The smallest absolute Gasteiger partial charge is 0.257 e. The number of amides is 1. The SMILES string of the molecule is O=C1Nc2ccc(F)c3c(S)cc(-c4ccc[nH]4)c1c23. The zero-order valence-electron chi connectivity index (χ0n) is 10.2. The Hall–Kier alpha value is -2.27. The molecule has 98 valence electrons. The first-order valence-electron chi connectivity index (χ1n) is 6.10. The van der Waals surface area contributed by atoms with Gasteiger partial charge in [0, 0.05) is 38.8 Å². The fourth-order valence-corrected chi connectivity index (χ4v) is 3.09. The van der Waals surface area contributed by atoms with E-state index in [2.05, 4.69) is 22.9 Å². The normalized spacial score (nSPS) is 13.0. The lowest BCUT2D eigenvalue weighted by atomic mass is 9.97. The van der Waals surface area contributed by atoms with Gasteiger partial charge in [-0.1, -0.05) is 0 Å². The van der Waals surface area contributed by atoms with E-state index in [-0.39, 0.29) is 11.7 Å². The summed E-state index contributed by atoms with van der Waals surface area (Å²) < 4.78 is 14.0. The third-order valence-corrected chi connectivity index (χ3v) is 3.93. The summed E-state index contributed by atoms with van der Waals surface area (Å²) in [7, 11) is 0. The fourth-order valence-electron chi connectivity index (χ4n) is 2.74. The number of nitrogens with one attached hydrogen (secondary N) is 2. The zero-order chi connectivity index (χ0) is 13.9. The largest absolute Gasteiger partial charge is 0.361 e. The number of carbonyl (C=O) groups is 1. The van der Waals surface area contributed by atoms with Crippen molar-refractivity contribution >= 4 is 35.0 Å². The van der Waals surface area contributed by atoms with E-state index in [1.807, 2.05) is 12.1 Å². The second-order valence-corrected chi connectivity index (χ2v) is 5.18. The van der Waals surface area contributed by atoms with Crippen LogP contribution in [0.4, 0.5) is 10.1 Å². The summed E-state index contributed by atoms with van der Waals surface area (Å²) >= 11 is 4.38. The number of anilines is 1. The van der Waals surface area contributed by atoms with Crippen molar-refractivity contribution in [1.29, 1.82) is 0 Å². The first kappa shape index (κ1) is 11.5. The van der Waals surface area contributed by atoms with Gasteiger partial charge in [-0.2, -0.15) is 0 Å². The van der Waals surface area contributed by atoms with Crippen LogP contribution in [-0.2, 0) is 0 Å². The Morgan fingerprint density at radius 3 is 2.75 bits per heavy atom. The molecule has 20 heavy (non-hydrogen) atoms. The Balaban J connectivity index is 2.22. The molecule has 0 aliphatic carbocycles. The molecule has 2 aromatic carbocycles. The van der Waals surface area contributed by atoms with Gasteiger partial charge in [-0.3, -0.25) is 4.79 Å². The number of benzene rings is 2. The molecule has 0 saturated carbocycles. The molecule has 0 radical (unpaired) electrons. The Morgan fingerprint density at radius 1 is 1.15 bits per heavy atom. The van der Waals surface area contributed by atoms with Crippen LogP contribution >= 0.6 is 12.6 Å². The van der Waals surface area contributed by atoms with Crippen LogP contribution in [0.5, 0.6) is 0 Å². The highest BCUT2D eigenvalue weighted by atomic mass is 32.1. The monoisotopic (exact) mass is 284 g/mol. The summed E-state index contributed by atoms with van der Waals surface area (Å²) in [6.45, 7) is 0. The standard InChI is InChI=1S/C15H9FN2OS/c16-8-3-4-10-14-12(15(19)18-10)7(6-11(20)13(8)14)9-2-1-5-17-9/h1-6,17,20H,(H,18,19). The van der Waals surface area contributed by atoms with Crippen LogP contribution in [0.15, 0.2) is 41.4 Å². The molecular formula is C15H9FN2OS. The van der Waals surface area contributed by atoms with Crippen molar-refractivity contribution in [3.05, 3.63) is 47.9 Å². The molecule has 0 bridgehead atoms. The van der Waals surface area contributed by atoms with E-state index in [4.69, 9.17) is 0 Å². The molecule has 3 nitrogen and oxygen atoms in total. The first-order chi connectivity index (χ1) is 9.66. The number of aromatic amines is 1. The Kier molecular flexibility index (Phi) is 2.23. The lowest BCUT2D eigenvalue weighted by Gasteiger charge is -2.09. The van der Waals surface area contributed by atoms with Crippen LogP contribution in [-0.4, -0.2) is 10.9 Å². The minimum Gasteiger partial charge on any atom is -0.361 e. The Morgan fingerprint density at radius 2 is 2.00 bits per heavy atom. The maximum absolute atomic E-state index is 14.0. The second kappa shape index (κ2) is 3.86. The quantitative estimate of drug-likeness (QED) is 0.584. The highest BCUT2D eigenvalue weighted by Crippen LogP contribution is 2.42. The number of aromatic nitrogens is 1. The topological polar surface area (TPSA) is 44.9 Å². The van der Waals surface area contributed by atoms with Crippen molar-refractivity contribution in [1.82, 2.24) is 4.98 Å². The Labute approximate surface area is 119 Å². The van der Waals surface area contributed by atoms with Crippen LogP contribution in [0.25, 0.3) is 22.0 Å². The summed E-state index contributed by atoms with van der Waals surface area (Å²) in [5.74, 6) is -0.585. The van der Waals surface area contributed by atoms with Crippen molar-refractivity contribution in [2.24, 2.45) is 0 Å². The molecule has 2 N–H and O–H groups in total. The molecule has 0 unspecified atom stereocenters. The van der Waals surface area contributed by atoms with Crippen LogP contribution in [0.3, 0.4) is 0 Å². The van der Waals surface area contributed by atoms with Crippen molar-refractivity contribution < 1.29 is 9.18 Å². The van der Waals surface area contributed by atoms with Crippen LogP contribution in [0, 0.1) is 5.82 Å². The van der Waals surface area contributed by atoms with Crippen LogP contribution in [0.2, 0.25) is 0 Å². The minimum atomic E-state index is -0.371. The summed E-state index contributed by atoms with van der Waals surface area (Å²) in [5, 5.41) is 3.76. The van der Waals surface area contributed by atoms with Crippen molar-refractivity contribution in [3.8, 4) is 11.3 Å². The molecule has 3 aromatic rings. The molecule has 1 aliphatic heterocycles. The summed E-state index contributed by atoms with van der Waals surface area (Å²) in [6.07, 6.45) is 1.78. The maximum atomic E-state index is 14.0. The first-order valence-corrected chi connectivity index (χ1v) is 6.55. The predicted octanol–water partition coefficient (Wildman–Crippen LogP) is 3.83. The van der Waals surface area contributed by atoms with Gasteiger partial charge in [0.25, 0.3) is 5.91 Å². The van der Waals surface area contributed by atoms with Crippen LogP contribution in [0.1, 0.15) is 10.4 Å². The van der Waals surface area contributed by atoms with Crippen LogP contribution < -0.4 is 5.32 Å². The molecule has 2 heterocycles. The lowest BCUT2D eigenvalue weighted by molar-refractivity contribution is 0.103. The number of hydrogen-bond acceptors (Lipinski definition) is 2. The molecule has 0 spiro atoms. The molecular weight excluding hydrogens is 275 g/mol. The molecule has 0 saturated heterocycles. The van der Waals surface area contributed by atoms with Crippen molar-refractivity contribution in [2.45, 2.75) is 4.90 Å². The van der Waals surface area contributed by atoms with E-state index >= 15 is 0 Å². The van der Waals surface area contributed by atoms with E-state index < -0.39 is 0 Å². The van der Waals surface area contributed by atoms with Gasteiger partial charge in [0.15, 0.2) is 0 Å². The number of thiol groups is 1.